The number of carbonyl (C=O) groups excluding carboxylic acids is 2. The van der Waals surface area contributed by atoms with Gasteiger partial charge in [0.25, 0.3) is 11.8 Å². The number of anilines is 1. The fourth-order valence-electron chi connectivity index (χ4n) is 3.21. The minimum atomic E-state index is -0.521. The van der Waals surface area contributed by atoms with E-state index in [9.17, 15) is 14.0 Å². The van der Waals surface area contributed by atoms with Crippen LogP contribution < -0.4 is 10.6 Å². The summed E-state index contributed by atoms with van der Waals surface area (Å²) in [6.07, 6.45) is 3.56. The van der Waals surface area contributed by atoms with Crippen LogP contribution in [0, 0.1) is 5.82 Å². The van der Waals surface area contributed by atoms with Gasteiger partial charge in [0.1, 0.15) is 5.82 Å². The number of hydrogen-bond acceptors (Lipinski definition) is 4. The van der Waals surface area contributed by atoms with Gasteiger partial charge in [-0.25, -0.2) is 9.37 Å². The lowest BCUT2D eigenvalue weighted by Gasteiger charge is -2.10. The van der Waals surface area contributed by atoms with Gasteiger partial charge in [-0.05, 0) is 43.2 Å². The van der Waals surface area contributed by atoms with Gasteiger partial charge in [0, 0.05) is 25.0 Å². The number of halogens is 1. The number of nitrogens with zero attached hydrogens (tertiary/aromatic N) is 2. The largest absolute Gasteiger partial charge is 0.376 e. The molecule has 1 atom stereocenters. The molecule has 0 radical (unpaired) electrons. The number of imidazole rings is 1. The second-order valence-corrected chi connectivity index (χ2v) is 6.55. The molecule has 2 aromatic heterocycles. The van der Waals surface area contributed by atoms with Crippen molar-refractivity contribution >= 4 is 23.0 Å². The molecule has 1 aromatic carbocycles. The highest BCUT2D eigenvalue weighted by atomic mass is 19.1. The number of amides is 2. The number of nitrogens with one attached hydrogen (secondary N) is 2. The van der Waals surface area contributed by atoms with Crippen molar-refractivity contribution in [1.29, 1.82) is 0 Å². The molecule has 0 saturated carbocycles. The predicted octanol–water partition coefficient (Wildman–Crippen LogP) is 2.63. The molecular weight excluding hydrogens is 363 g/mol. The SMILES string of the molecule is O=C(Nc1cccc(F)c1)c1nc(C(=O)NCC2CCCO2)n2ccccc12. The van der Waals surface area contributed by atoms with Crippen molar-refractivity contribution in [3.8, 4) is 0 Å². The standard InChI is InChI=1S/C20H19FN4O3/c21-13-5-3-6-14(11-13)23-19(26)17-16-8-1-2-9-25(16)18(24-17)20(27)22-12-15-7-4-10-28-15/h1-3,5-6,8-9,11,15H,4,7,10,12H2,(H,22,27)(H,23,26). The van der Waals surface area contributed by atoms with Gasteiger partial charge in [-0.1, -0.05) is 12.1 Å². The molecule has 4 rings (SSSR count). The zero-order valence-electron chi connectivity index (χ0n) is 15.0. The third-order valence-electron chi connectivity index (χ3n) is 4.56. The maximum Gasteiger partial charge on any atom is 0.287 e. The van der Waals surface area contributed by atoms with Crippen LogP contribution in [0.15, 0.2) is 48.7 Å². The summed E-state index contributed by atoms with van der Waals surface area (Å²) in [7, 11) is 0. The molecule has 1 saturated heterocycles. The molecular formula is C20H19FN4O3. The predicted molar refractivity (Wildman–Crippen MR) is 101 cm³/mol. The van der Waals surface area contributed by atoms with E-state index >= 15 is 0 Å². The molecule has 1 fully saturated rings. The summed E-state index contributed by atoms with van der Waals surface area (Å²) in [6.45, 7) is 1.10. The van der Waals surface area contributed by atoms with E-state index in [2.05, 4.69) is 15.6 Å². The highest BCUT2D eigenvalue weighted by Crippen LogP contribution is 2.17. The fraction of sp³-hybridized carbons (Fsp3) is 0.250. The first-order valence-electron chi connectivity index (χ1n) is 9.05. The van der Waals surface area contributed by atoms with Crippen molar-refractivity contribution in [3.63, 3.8) is 0 Å². The van der Waals surface area contributed by atoms with Crippen LogP contribution in [0.5, 0.6) is 0 Å². The van der Waals surface area contributed by atoms with Crippen molar-refractivity contribution in [1.82, 2.24) is 14.7 Å². The monoisotopic (exact) mass is 382 g/mol. The topological polar surface area (TPSA) is 84.7 Å². The summed E-state index contributed by atoms with van der Waals surface area (Å²) in [5.41, 5.74) is 0.886. The maximum absolute atomic E-state index is 13.4. The Hall–Kier alpha value is -3.26. The zero-order chi connectivity index (χ0) is 19.5. The number of hydrogen-bond donors (Lipinski definition) is 2. The molecule has 1 unspecified atom stereocenters. The Morgan fingerprint density at radius 3 is 2.89 bits per heavy atom. The van der Waals surface area contributed by atoms with Crippen LogP contribution in [0.4, 0.5) is 10.1 Å². The Morgan fingerprint density at radius 2 is 2.11 bits per heavy atom. The molecule has 2 amide bonds. The van der Waals surface area contributed by atoms with Crippen LogP contribution in [0.3, 0.4) is 0 Å². The summed E-state index contributed by atoms with van der Waals surface area (Å²) in [5, 5.41) is 5.43. The lowest BCUT2D eigenvalue weighted by Crippen LogP contribution is -2.33. The van der Waals surface area contributed by atoms with Gasteiger partial charge in [0.15, 0.2) is 5.69 Å². The molecule has 1 aliphatic rings. The third kappa shape index (κ3) is 3.72. The first-order chi connectivity index (χ1) is 13.6. The van der Waals surface area contributed by atoms with Gasteiger partial charge in [-0.3, -0.25) is 14.0 Å². The number of rotatable bonds is 5. The molecule has 0 spiro atoms. The summed E-state index contributed by atoms with van der Waals surface area (Å²) >= 11 is 0. The van der Waals surface area contributed by atoms with E-state index in [1.54, 1.807) is 34.9 Å². The summed E-state index contributed by atoms with van der Waals surface area (Å²) in [6, 6.07) is 10.8. The van der Waals surface area contributed by atoms with E-state index in [1.165, 1.54) is 18.2 Å². The first kappa shape index (κ1) is 18.1. The van der Waals surface area contributed by atoms with Crippen molar-refractivity contribution in [2.75, 3.05) is 18.5 Å². The number of fused-ring (bicyclic) bond motifs is 1. The maximum atomic E-state index is 13.4. The normalized spacial score (nSPS) is 16.2. The van der Waals surface area contributed by atoms with Crippen LogP contribution in [-0.4, -0.2) is 40.5 Å². The van der Waals surface area contributed by atoms with Gasteiger partial charge in [-0.2, -0.15) is 0 Å². The molecule has 1 aliphatic heterocycles. The van der Waals surface area contributed by atoms with Gasteiger partial charge < -0.3 is 15.4 Å². The van der Waals surface area contributed by atoms with E-state index < -0.39 is 11.7 Å². The molecule has 2 N–H and O–H groups in total. The second-order valence-electron chi connectivity index (χ2n) is 6.55. The van der Waals surface area contributed by atoms with Gasteiger partial charge in [0.2, 0.25) is 5.82 Å². The fourth-order valence-corrected chi connectivity index (χ4v) is 3.21. The zero-order valence-corrected chi connectivity index (χ0v) is 15.0. The molecule has 3 heterocycles. The van der Waals surface area contributed by atoms with Crippen LogP contribution in [0.1, 0.15) is 33.9 Å². The molecule has 0 aliphatic carbocycles. The van der Waals surface area contributed by atoms with Crippen LogP contribution in [0.25, 0.3) is 5.52 Å². The van der Waals surface area contributed by atoms with Crippen LogP contribution in [-0.2, 0) is 4.74 Å². The number of ether oxygens (including phenoxy) is 1. The Morgan fingerprint density at radius 1 is 1.21 bits per heavy atom. The first-order valence-corrected chi connectivity index (χ1v) is 9.05. The van der Waals surface area contributed by atoms with Crippen molar-refractivity contribution in [2.24, 2.45) is 0 Å². The van der Waals surface area contributed by atoms with Crippen molar-refractivity contribution < 1.29 is 18.7 Å². The van der Waals surface area contributed by atoms with Crippen LogP contribution >= 0.6 is 0 Å². The van der Waals surface area contributed by atoms with Crippen molar-refractivity contribution in [2.45, 2.75) is 18.9 Å². The average Bonchev–Trinajstić information content (AvgIpc) is 3.34. The molecule has 28 heavy (non-hydrogen) atoms. The number of benzene rings is 1. The number of pyridine rings is 1. The average molecular weight is 382 g/mol. The number of carbonyl (C=O) groups is 2. The molecule has 7 nitrogen and oxygen atoms in total. The molecule has 144 valence electrons. The Bertz CT molecular complexity index is 1030. The van der Waals surface area contributed by atoms with E-state index in [1.807, 2.05) is 0 Å². The highest BCUT2D eigenvalue weighted by molar-refractivity contribution is 6.08. The summed E-state index contributed by atoms with van der Waals surface area (Å²) in [5.74, 6) is -1.26. The lowest BCUT2D eigenvalue weighted by molar-refractivity contribution is 0.0848. The van der Waals surface area contributed by atoms with E-state index in [0.29, 0.717) is 24.4 Å². The number of aromatic nitrogens is 2. The van der Waals surface area contributed by atoms with Crippen molar-refractivity contribution in [3.05, 3.63) is 66.0 Å². The molecule has 3 aromatic rings. The van der Waals surface area contributed by atoms with Crippen LogP contribution in [0.2, 0.25) is 0 Å². The highest BCUT2D eigenvalue weighted by Gasteiger charge is 2.23. The minimum absolute atomic E-state index is 0.00548. The van der Waals surface area contributed by atoms with Gasteiger partial charge in [-0.15, -0.1) is 0 Å². The van der Waals surface area contributed by atoms with E-state index in [4.69, 9.17) is 4.74 Å². The molecule has 0 bridgehead atoms. The van der Waals surface area contributed by atoms with Gasteiger partial charge in [0.05, 0.1) is 11.6 Å². The Labute approximate surface area is 160 Å². The third-order valence-corrected chi connectivity index (χ3v) is 4.56. The van der Waals surface area contributed by atoms with Gasteiger partial charge >= 0.3 is 0 Å². The minimum Gasteiger partial charge on any atom is -0.376 e. The quantitative estimate of drug-likeness (QED) is 0.711. The summed E-state index contributed by atoms with van der Waals surface area (Å²) < 4.78 is 20.4. The second kappa shape index (κ2) is 7.77. The summed E-state index contributed by atoms with van der Waals surface area (Å²) in [4.78, 5) is 29.6. The smallest absolute Gasteiger partial charge is 0.287 e. The van der Waals surface area contributed by atoms with E-state index in [-0.39, 0.29) is 23.5 Å². The van der Waals surface area contributed by atoms with E-state index in [0.717, 1.165) is 12.8 Å². The Kier molecular flexibility index (Phi) is 5.03. The Balaban J connectivity index is 1.58. The molecule has 8 heteroatoms. The lowest BCUT2D eigenvalue weighted by atomic mass is 10.2.